The quantitative estimate of drug-likeness (QED) is 0.0211. The van der Waals surface area contributed by atoms with Gasteiger partial charge >= 0.3 is 19.8 Å². The number of carbonyl (C=O) groups excluding carboxylic acids is 2. The maximum absolute atomic E-state index is 12.8. The van der Waals surface area contributed by atoms with Gasteiger partial charge < -0.3 is 18.9 Å². The number of unbranched alkanes of at least 4 members (excludes halogenated alkanes) is 6. The minimum Gasteiger partial charge on any atom is -0.462 e. The van der Waals surface area contributed by atoms with E-state index in [-0.39, 0.29) is 26.1 Å². The van der Waals surface area contributed by atoms with Crippen molar-refractivity contribution in [3.63, 3.8) is 0 Å². The van der Waals surface area contributed by atoms with Gasteiger partial charge in [0.2, 0.25) is 0 Å². The van der Waals surface area contributed by atoms with Gasteiger partial charge in [-0.25, -0.2) is 4.57 Å². The van der Waals surface area contributed by atoms with Crippen molar-refractivity contribution in [2.24, 2.45) is 0 Å². The summed E-state index contributed by atoms with van der Waals surface area (Å²) in [5.41, 5.74) is 0. The lowest BCUT2D eigenvalue weighted by Crippen LogP contribution is -2.37. The topological polar surface area (TPSA) is 108 Å². The Balaban J connectivity index is 4.33. The second-order valence-electron chi connectivity index (χ2n) is 21.7. The van der Waals surface area contributed by atoms with Crippen LogP contribution >= 0.6 is 7.82 Å². The first-order valence-electron chi connectivity index (χ1n) is 32.5. The zero-order valence-electron chi connectivity index (χ0n) is 54.2. The summed E-state index contributed by atoms with van der Waals surface area (Å²) in [5.74, 6) is -0.897. The van der Waals surface area contributed by atoms with Gasteiger partial charge in [0.05, 0.1) is 27.7 Å². The van der Waals surface area contributed by atoms with E-state index in [2.05, 4.69) is 233 Å². The molecule has 0 aromatic carbocycles. The van der Waals surface area contributed by atoms with E-state index in [0.29, 0.717) is 23.9 Å². The van der Waals surface area contributed by atoms with E-state index in [0.717, 1.165) is 154 Å². The molecular weight excluding hydrogens is 1090 g/mol. The van der Waals surface area contributed by atoms with Gasteiger partial charge in [-0.2, -0.15) is 0 Å². The molecule has 0 aliphatic rings. The van der Waals surface area contributed by atoms with Crippen LogP contribution in [0.5, 0.6) is 0 Å². The first kappa shape index (κ1) is 80.3. The van der Waals surface area contributed by atoms with E-state index in [4.69, 9.17) is 18.5 Å². The first-order chi connectivity index (χ1) is 42.0. The standard InChI is InChI=1S/C76H116NO8P/c1-6-8-10-12-14-16-18-20-22-24-26-28-30-32-33-34-35-36-37-38-39-40-41-42-43-45-47-49-51-53-55-57-59-61-63-65-67-69-76(79)85-74(73-84-86(80,81)83-71-70-77(3,4)5)72-82-75(78)68-66-64-62-60-58-56-54-52-50-48-46-44-31-29-27-25-23-21-19-17-15-13-11-9-7-2/h8-11,14-17,20-23,26-29,32-33,35-36,38-39,41-42,44-47,50-53,56-59,74H,6-7,12-13,18-19,24-25,30-31,34,37,40,43,48-49,54-55,60-73H2,1-5H3/p+1/b10-8-,11-9-,16-14-,17-15-,22-20-,23-21-,28-26-,29-27-,33-32-,36-35-,39-38-,42-41-,46-44-,47-45-,52-50-,53-51-,58-56-,59-57-. The van der Waals surface area contributed by atoms with Crippen LogP contribution in [-0.2, 0) is 32.7 Å². The lowest BCUT2D eigenvalue weighted by Gasteiger charge is -2.24. The predicted octanol–water partition coefficient (Wildman–Crippen LogP) is 21.3. The number of quaternary nitrogens is 1. The molecule has 86 heavy (non-hydrogen) atoms. The van der Waals surface area contributed by atoms with Crippen molar-refractivity contribution in [1.29, 1.82) is 0 Å². The number of nitrogens with zero attached hydrogens (tertiary/aromatic N) is 1. The van der Waals surface area contributed by atoms with Crippen LogP contribution in [0, 0.1) is 0 Å². The number of rotatable bonds is 56. The number of carbonyl (C=O) groups is 2. The molecule has 9 nitrogen and oxygen atoms in total. The molecule has 0 amide bonds. The third-order valence-corrected chi connectivity index (χ3v) is 13.5. The van der Waals surface area contributed by atoms with E-state index in [1.54, 1.807) is 0 Å². The number of allylic oxidation sites excluding steroid dienone is 36. The second-order valence-corrected chi connectivity index (χ2v) is 23.1. The van der Waals surface area contributed by atoms with Gasteiger partial charge in [0.1, 0.15) is 19.8 Å². The molecule has 0 aromatic rings. The smallest absolute Gasteiger partial charge is 0.462 e. The average molecular weight is 1200 g/mol. The number of likely N-dealkylation sites (N-methyl/N-ethyl adjacent to an activating group) is 1. The Morgan fingerprint density at radius 1 is 0.360 bits per heavy atom. The maximum atomic E-state index is 12.8. The number of ether oxygens (including phenoxy) is 2. The molecular formula is C76H117NO8P+. The summed E-state index contributed by atoms with van der Waals surface area (Å²) in [6.07, 6.45) is 103. The Labute approximate surface area is 525 Å². The summed E-state index contributed by atoms with van der Waals surface area (Å²) in [6, 6.07) is 0. The molecule has 2 atom stereocenters. The highest BCUT2D eigenvalue weighted by Crippen LogP contribution is 2.43. The van der Waals surface area contributed by atoms with Crippen molar-refractivity contribution < 1.29 is 42.1 Å². The van der Waals surface area contributed by atoms with Crippen molar-refractivity contribution in [2.45, 2.75) is 200 Å². The third-order valence-electron chi connectivity index (χ3n) is 12.5. The van der Waals surface area contributed by atoms with Crippen LogP contribution < -0.4 is 0 Å². The number of hydrogen-bond donors (Lipinski definition) is 1. The second kappa shape index (κ2) is 63.8. The molecule has 2 unspecified atom stereocenters. The summed E-state index contributed by atoms with van der Waals surface area (Å²) in [5, 5.41) is 0. The molecule has 0 saturated carbocycles. The Kier molecular flexibility index (Phi) is 59.6. The molecule has 0 bridgehead atoms. The van der Waals surface area contributed by atoms with Crippen LogP contribution in [0.15, 0.2) is 219 Å². The molecule has 0 aromatic heterocycles. The minimum absolute atomic E-state index is 0.00525. The summed E-state index contributed by atoms with van der Waals surface area (Å²) >= 11 is 0. The Morgan fingerprint density at radius 2 is 0.628 bits per heavy atom. The normalized spacial score (nSPS) is 14.6. The van der Waals surface area contributed by atoms with Gasteiger partial charge in [-0.1, -0.05) is 245 Å². The van der Waals surface area contributed by atoms with Gasteiger partial charge in [-0.15, -0.1) is 0 Å². The number of phosphoric acid groups is 1. The monoisotopic (exact) mass is 1200 g/mol. The molecule has 0 aliphatic carbocycles. The first-order valence-corrected chi connectivity index (χ1v) is 34.0. The fourth-order valence-corrected chi connectivity index (χ4v) is 8.33. The van der Waals surface area contributed by atoms with Crippen LogP contribution in [0.25, 0.3) is 0 Å². The number of hydrogen-bond acceptors (Lipinski definition) is 7. The molecule has 0 saturated heterocycles. The Hall–Kier alpha value is -5.67. The van der Waals surface area contributed by atoms with Crippen molar-refractivity contribution in [2.75, 3.05) is 47.5 Å². The maximum Gasteiger partial charge on any atom is 0.472 e. The largest absolute Gasteiger partial charge is 0.472 e. The minimum atomic E-state index is -4.43. The van der Waals surface area contributed by atoms with Crippen molar-refractivity contribution >= 4 is 19.8 Å². The van der Waals surface area contributed by atoms with E-state index in [9.17, 15) is 19.0 Å². The Morgan fingerprint density at radius 3 is 0.907 bits per heavy atom. The number of phosphoric ester groups is 1. The van der Waals surface area contributed by atoms with Crippen LogP contribution in [0.3, 0.4) is 0 Å². The molecule has 0 spiro atoms. The molecule has 0 aliphatic heterocycles. The summed E-state index contributed by atoms with van der Waals surface area (Å²) in [6.45, 7) is 4.08. The zero-order chi connectivity index (χ0) is 62.6. The molecule has 0 radical (unpaired) electrons. The van der Waals surface area contributed by atoms with Gasteiger partial charge in [0, 0.05) is 12.8 Å². The average Bonchev–Trinajstić information content (AvgIpc) is 3.67. The van der Waals surface area contributed by atoms with E-state index >= 15 is 0 Å². The fourth-order valence-electron chi connectivity index (χ4n) is 7.59. The summed E-state index contributed by atoms with van der Waals surface area (Å²) in [4.78, 5) is 35.8. The van der Waals surface area contributed by atoms with Crippen molar-refractivity contribution in [3.8, 4) is 0 Å². The molecule has 1 N–H and O–H groups in total. The molecule has 478 valence electrons. The highest BCUT2D eigenvalue weighted by atomic mass is 31.2. The van der Waals surface area contributed by atoms with E-state index in [1.807, 2.05) is 21.1 Å². The highest BCUT2D eigenvalue weighted by Gasteiger charge is 2.27. The van der Waals surface area contributed by atoms with Crippen LogP contribution in [0.2, 0.25) is 0 Å². The molecule has 10 heteroatoms. The highest BCUT2D eigenvalue weighted by molar-refractivity contribution is 7.47. The Bertz CT molecular complexity index is 2250. The van der Waals surface area contributed by atoms with E-state index < -0.39 is 32.5 Å². The van der Waals surface area contributed by atoms with Crippen LogP contribution in [0.4, 0.5) is 0 Å². The SMILES string of the molecule is CC/C=C\C/C=C\C/C=C\C/C=C\C/C=C\C/C=C\C/C=C\C/C=C\C/C=C\C/C=C\C/C=C\CCCCCC(=O)OC(COC(=O)CCCCC/C=C\C/C=C\C/C=C\C/C=C\C/C=C\C/C=C\C/C=C\CC)COP(=O)(O)OCC[N+](C)(C)C. The number of esters is 2. The van der Waals surface area contributed by atoms with Gasteiger partial charge in [-0.05, 0) is 154 Å². The van der Waals surface area contributed by atoms with Gasteiger partial charge in [0.25, 0.3) is 0 Å². The summed E-state index contributed by atoms with van der Waals surface area (Å²) < 4.78 is 34.5. The fraction of sp³-hybridized carbons (Fsp3) is 0.500. The van der Waals surface area contributed by atoms with Crippen LogP contribution in [0.1, 0.15) is 194 Å². The zero-order valence-corrected chi connectivity index (χ0v) is 55.1. The van der Waals surface area contributed by atoms with Gasteiger partial charge in [-0.3, -0.25) is 18.6 Å². The predicted molar refractivity (Wildman–Crippen MR) is 371 cm³/mol. The van der Waals surface area contributed by atoms with Crippen molar-refractivity contribution in [3.05, 3.63) is 219 Å². The van der Waals surface area contributed by atoms with E-state index in [1.165, 1.54) is 0 Å². The van der Waals surface area contributed by atoms with Crippen molar-refractivity contribution in [1.82, 2.24) is 0 Å². The van der Waals surface area contributed by atoms with Crippen LogP contribution in [-0.4, -0.2) is 74.9 Å². The molecule has 0 heterocycles. The molecule has 0 fully saturated rings. The third kappa shape index (κ3) is 67.5. The molecule has 0 rings (SSSR count). The lowest BCUT2D eigenvalue weighted by atomic mass is 10.1. The lowest BCUT2D eigenvalue weighted by molar-refractivity contribution is -0.870. The van der Waals surface area contributed by atoms with Gasteiger partial charge in [0.15, 0.2) is 6.10 Å². The summed E-state index contributed by atoms with van der Waals surface area (Å²) in [7, 11) is 1.40.